The van der Waals surface area contributed by atoms with Crippen LogP contribution < -0.4 is 4.80 Å². The number of hydrogen-bond donors (Lipinski definition) is 0. The molecule has 0 atom stereocenters. The first-order chi connectivity index (χ1) is 20.1. The van der Waals surface area contributed by atoms with Crippen LogP contribution in [0.2, 0.25) is 0 Å². The number of ether oxygens (including phenoxy) is 3. The predicted octanol–water partition coefficient (Wildman–Crippen LogP) is 2.26. The molecule has 1 fully saturated rings. The molecule has 0 N–H and O–H groups in total. The van der Waals surface area contributed by atoms with Crippen molar-refractivity contribution in [3.63, 3.8) is 0 Å². The molecule has 1 aromatic heterocycles. The van der Waals surface area contributed by atoms with E-state index in [4.69, 9.17) is 14.2 Å². The zero-order valence-corrected chi connectivity index (χ0v) is 24.9. The Hall–Kier alpha value is -4.08. The lowest BCUT2D eigenvalue weighted by Gasteiger charge is -2.33. The molecule has 15 heteroatoms. The van der Waals surface area contributed by atoms with Gasteiger partial charge in [0, 0.05) is 31.7 Å². The highest BCUT2D eigenvalue weighted by atomic mass is 32.2. The third-order valence-corrected chi connectivity index (χ3v) is 9.35. The minimum Gasteiger partial charge on any atom is -0.465 e. The Morgan fingerprint density at radius 1 is 0.905 bits per heavy atom. The molecule has 4 rings (SSSR count). The van der Waals surface area contributed by atoms with Crippen molar-refractivity contribution in [3.05, 3.63) is 58.4 Å². The number of piperazine rings is 1. The zero-order chi connectivity index (χ0) is 30.4. The maximum absolute atomic E-state index is 13.2. The summed E-state index contributed by atoms with van der Waals surface area (Å²) in [5.74, 6) is -1.71. The van der Waals surface area contributed by atoms with Gasteiger partial charge in [0.15, 0.2) is 4.80 Å². The molecule has 1 saturated heterocycles. The maximum Gasteiger partial charge on any atom is 0.409 e. The lowest BCUT2D eigenvalue weighted by atomic mass is 10.2. The van der Waals surface area contributed by atoms with Crippen LogP contribution in [0, 0.1) is 0 Å². The van der Waals surface area contributed by atoms with E-state index in [0.717, 1.165) is 11.3 Å². The minimum absolute atomic E-state index is 0.00166. The Morgan fingerprint density at radius 3 is 2.17 bits per heavy atom. The number of sulfonamides is 1. The number of benzene rings is 2. The Morgan fingerprint density at radius 2 is 1.55 bits per heavy atom. The molecule has 0 unspecified atom stereocenters. The first-order valence-corrected chi connectivity index (χ1v) is 15.3. The quantitative estimate of drug-likeness (QED) is 0.273. The second kappa shape index (κ2) is 13.3. The van der Waals surface area contributed by atoms with Crippen molar-refractivity contribution in [1.82, 2.24) is 13.8 Å². The number of carbonyl (C=O) groups excluding carboxylic acids is 4. The number of aromatic nitrogens is 1. The monoisotopic (exact) mass is 618 g/mol. The third-order valence-electron chi connectivity index (χ3n) is 6.40. The molecule has 3 aromatic rings. The SMILES string of the molecule is CCOC(=O)Cn1c(=NC(=O)c2ccc(S(=O)(=O)N3CCN(C(=O)OCC)CC3)cc2)sc2cc(C(=O)OC)ccc21. The van der Waals surface area contributed by atoms with Crippen LogP contribution >= 0.6 is 11.3 Å². The fourth-order valence-corrected chi connectivity index (χ4v) is 6.78. The van der Waals surface area contributed by atoms with Crippen LogP contribution in [-0.2, 0) is 35.6 Å². The Kier molecular flexibility index (Phi) is 9.75. The number of nitrogens with zero attached hydrogens (tertiary/aromatic N) is 4. The van der Waals surface area contributed by atoms with Crippen LogP contribution in [0.4, 0.5) is 4.79 Å². The van der Waals surface area contributed by atoms with E-state index in [1.165, 1.54) is 45.1 Å². The second-order valence-electron chi connectivity index (χ2n) is 8.98. The van der Waals surface area contributed by atoms with E-state index in [1.54, 1.807) is 32.0 Å². The van der Waals surface area contributed by atoms with Gasteiger partial charge >= 0.3 is 18.0 Å². The summed E-state index contributed by atoms with van der Waals surface area (Å²) in [4.78, 5) is 55.2. The maximum atomic E-state index is 13.2. The molecule has 42 heavy (non-hydrogen) atoms. The van der Waals surface area contributed by atoms with Gasteiger partial charge in [-0.3, -0.25) is 9.59 Å². The van der Waals surface area contributed by atoms with Gasteiger partial charge in [-0.1, -0.05) is 11.3 Å². The summed E-state index contributed by atoms with van der Waals surface area (Å²) >= 11 is 1.10. The molecule has 2 amide bonds. The molecule has 1 aliphatic heterocycles. The zero-order valence-electron chi connectivity index (χ0n) is 23.3. The number of esters is 2. The average molecular weight is 619 g/mol. The van der Waals surface area contributed by atoms with E-state index >= 15 is 0 Å². The van der Waals surface area contributed by atoms with E-state index in [2.05, 4.69) is 4.99 Å². The molecular weight excluding hydrogens is 588 g/mol. The van der Waals surface area contributed by atoms with Crippen LogP contribution in [0.25, 0.3) is 10.2 Å². The van der Waals surface area contributed by atoms with E-state index in [0.29, 0.717) is 15.8 Å². The number of methoxy groups -OCH3 is 1. The molecule has 0 radical (unpaired) electrons. The summed E-state index contributed by atoms with van der Waals surface area (Å²) in [5, 5.41) is 0. The van der Waals surface area contributed by atoms with Gasteiger partial charge in [-0.05, 0) is 56.3 Å². The highest BCUT2D eigenvalue weighted by Gasteiger charge is 2.30. The smallest absolute Gasteiger partial charge is 0.409 e. The summed E-state index contributed by atoms with van der Waals surface area (Å²) in [5.41, 5.74) is 1.000. The number of fused-ring (bicyclic) bond motifs is 1. The van der Waals surface area contributed by atoms with Crippen molar-refractivity contribution >= 4 is 55.5 Å². The van der Waals surface area contributed by atoms with Gasteiger partial charge in [0.1, 0.15) is 6.54 Å². The standard InChI is InChI=1S/C27H30N4O9S2/c1-4-39-23(32)17-31-21-11-8-19(25(34)38-3)16-22(21)41-26(31)28-24(33)18-6-9-20(10-7-18)42(36,37)30-14-12-29(13-15-30)27(35)40-5-2/h6-11,16H,4-5,12-15,17H2,1-3H3. The van der Waals surface area contributed by atoms with Gasteiger partial charge in [-0.25, -0.2) is 18.0 Å². The Labute approximate surface area is 246 Å². The fraction of sp³-hybridized carbons (Fsp3) is 0.370. The van der Waals surface area contributed by atoms with Crippen LogP contribution in [0.5, 0.6) is 0 Å². The van der Waals surface area contributed by atoms with E-state index in [1.807, 2.05) is 0 Å². The number of rotatable bonds is 8. The molecule has 0 spiro atoms. The van der Waals surface area contributed by atoms with Crippen LogP contribution in [0.15, 0.2) is 52.4 Å². The topological polar surface area (TPSA) is 154 Å². The summed E-state index contributed by atoms with van der Waals surface area (Å²) < 4.78 is 44.5. The molecule has 13 nitrogen and oxygen atoms in total. The lowest BCUT2D eigenvalue weighted by Crippen LogP contribution is -2.50. The molecule has 2 heterocycles. The van der Waals surface area contributed by atoms with Crippen LogP contribution in [0.1, 0.15) is 34.6 Å². The summed E-state index contributed by atoms with van der Waals surface area (Å²) in [6, 6.07) is 10.2. The van der Waals surface area contributed by atoms with Crippen LogP contribution in [0.3, 0.4) is 0 Å². The van der Waals surface area contributed by atoms with Crippen molar-refractivity contribution in [1.29, 1.82) is 0 Å². The van der Waals surface area contributed by atoms with Gasteiger partial charge in [0.05, 0.1) is 41.0 Å². The van der Waals surface area contributed by atoms with Gasteiger partial charge in [-0.2, -0.15) is 9.30 Å². The minimum atomic E-state index is -3.86. The summed E-state index contributed by atoms with van der Waals surface area (Å²) in [6.07, 6.45) is -0.479. The highest BCUT2D eigenvalue weighted by molar-refractivity contribution is 7.89. The number of thiazole rings is 1. The molecular formula is C27H30N4O9S2. The number of carbonyl (C=O) groups is 4. The van der Waals surface area contributed by atoms with Crippen LogP contribution in [-0.4, -0.2) is 92.6 Å². The molecule has 0 bridgehead atoms. The largest absolute Gasteiger partial charge is 0.465 e. The van der Waals surface area contributed by atoms with Crippen molar-refractivity contribution in [3.8, 4) is 0 Å². The third kappa shape index (κ3) is 6.69. The van der Waals surface area contributed by atoms with E-state index < -0.39 is 34.0 Å². The predicted molar refractivity (Wildman–Crippen MR) is 151 cm³/mol. The van der Waals surface area contributed by atoms with Crippen molar-refractivity contribution < 1.29 is 41.8 Å². The number of hydrogen-bond acceptors (Lipinski definition) is 10. The van der Waals surface area contributed by atoms with Gasteiger partial charge in [0.25, 0.3) is 5.91 Å². The van der Waals surface area contributed by atoms with Crippen molar-refractivity contribution in [2.75, 3.05) is 46.5 Å². The lowest BCUT2D eigenvalue weighted by molar-refractivity contribution is -0.143. The normalized spacial score (nSPS) is 14.5. The first-order valence-electron chi connectivity index (χ1n) is 13.1. The summed E-state index contributed by atoms with van der Waals surface area (Å²) in [6.45, 7) is 4.21. The Bertz CT molecular complexity index is 1670. The molecule has 224 valence electrons. The van der Waals surface area contributed by atoms with E-state index in [-0.39, 0.29) is 61.2 Å². The van der Waals surface area contributed by atoms with E-state index in [9.17, 15) is 27.6 Å². The average Bonchev–Trinajstić information content (AvgIpc) is 3.32. The van der Waals surface area contributed by atoms with Crippen molar-refractivity contribution in [2.24, 2.45) is 4.99 Å². The molecule has 0 saturated carbocycles. The van der Waals surface area contributed by atoms with Crippen molar-refractivity contribution in [2.45, 2.75) is 25.3 Å². The number of amides is 2. The summed E-state index contributed by atoms with van der Waals surface area (Å²) in [7, 11) is -2.59. The molecule has 1 aliphatic rings. The molecule has 0 aliphatic carbocycles. The fourth-order valence-electron chi connectivity index (χ4n) is 4.29. The highest BCUT2D eigenvalue weighted by Crippen LogP contribution is 2.21. The van der Waals surface area contributed by atoms with Gasteiger partial charge in [0.2, 0.25) is 10.0 Å². The molecule has 2 aromatic carbocycles. The first kappa shape index (κ1) is 30.9. The Balaban J connectivity index is 1.58. The second-order valence-corrected chi connectivity index (χ2v) is 11.9. The van der Waals surface area contributed by atoms with Gasteiger partial charge in [-0.15, -0.1) is 0 Å². The van der Waals surface area contributed by atoms with Gasteiger partial charge < -0.3 is 23.7 Å².